The smallest absolute Gasteiger partial charge is 0.337 e. The second kappa shape index (κ2) is 11.9. The summed E-state index contributed by atoms with van der Waals surface area (Å²) in [5, 5.41) is 0.842. The number of methoxy groups -OCH3 is 1. The van der Waals surface area contributed by atoms with Crippen LogP contribution in [0, 0.1) is 11.8 Å². The van der Waals surface area contributed by atoms with Crippen molar-refractivity contribution in [3.63, 3.8) is 0 Å². The van der Waals surface area contributed by atoms with Crippen molar-refractivity contribution in [3.05, 3.63) is 112 Å². The number of carbonyl (C=O) groups excluding carboxylic acids is 1. The molecule has 8 nitrogen and oxygen atoms in total. The first kappa shape index (κ1) is 28.9. The molecule has 3 aromatic heterocycles. The highest BCUT2D eigenvalue weighted by Gasteiger charge is 2.23. The third kappa shape index (κ3) is 5.74. The van der Waals surface area contributed by atoms with E-state index in [4.69, 9.17) is 35.2 Å². The Bertz CT molecular complexity index is 2070. The van der Waals surface area contributed by atoms with Crippen LogP contribution in [0.15, 0.2) is 77.2 Å². The van der Waals surface area contributed by atoms with Gasteiger partial charge in [-0.25, -0.2) is 19.2 Å². The molecule has 0 aliphatic carbocycles. The standard InChI is InChI=1S/C34H26ClF2N3O5/c1-42-34(41)21-8-10-28-29(14-21)40(17-23-11-12-43-23)31(38-28)15-19-5-6-20(13-26(19)36)27-3-2-4-32(39-27)44-18-22-7-9-25(35)24-16-30(37)45-33(22)24/h2-10,13-14,16,23H,11-12,15,17-18H2,1H3/t23-/m0/s1. The minimum atomic E-state index is -0.734. The van der Waals surface area contributed by atoms with Gasteiger partial charge < -0.3 is 23.2 Å². The number of ether oxygens (including phenoxy) is 3. The largest absolute Gasteiger partial charge is 0.473 e. The Labute approximate surface area is 261 Å². The van der Waals surface area contributed by atoms with E-state index in [2.05, 4.69) is 4.98 Å². The second-order valence-electron chi connectivity index (χ2n) is 10.7. The number of esters is 1. The topological polar surface area (TPSA) is 88.6 Å². The summed E-state index contributed by atoms with van der Waals surface area (Å²) in [7, 11) is 1.34. The van der Waals surface area contributed by atoms with Crippen LogP contribution < -0.4 is 4.74 Å². The third-order valence-electron chi connectivity index (χ3n) is 7.91. The number of nitrogens with zero attached hydrogens (tertiary/aromatic N) is 3. The molecular weight excluding hydrogens is 604 g/mol. The zero-order valence-corrected chi connectivity index (χ0v) is 24.8. The fourth-order valence-electron chi connectivity index (χ4n) is 5.45. The van der Waals surface area contributed by atoms with Crippen LogP contribution in [-0.2, 0) is 29.0 Å². The van der Waals surface area contributed by atoms with E-state index in [-0.39, 0.29) is 19.1 Å². The van der Waals surface area contributed by atoms with E-state index in [0.717, 1.165) is 11.9 Å². The Morgan fingerprint density at radius 3 is 2.67 bits per heavy atom. The van der Waals surface area contributed by atoms with Gasteiger partial charge in [0, 0.05) is 41.7 Å². The van der Waals surface area contributed by atoms with E-state index in [9.17, 15) is 9.18 Å². The van der Waals surface area contributed by atoms with Crippen molar-refractivity contribution in [1.82, 2.24) is 14.5 Å². The number of aromatic nitrogens is 3. The van der Waals surface area contributed by atoms with Crippen LogP contribution in [0.2, 0.25) is 5.02 Å². The van der Waals surface area contributed by atoms with Crippen LogP contribution in [-0.4, -0.2) is 40.3 Å². The van der Waals surface area contributed by atoms with Crippen molar-refractivity contribution in [1.29, 1.82) is 0 Å². The minimum absolute atomic E-state index is 0.0293. The lowest BCUT2D eigenvalue weighted by molar-refractivity contribution is -0.0589. The van der Waals surface area contributed by atoms with E-state index in [0.29, 0.717) is 74.3 Å². The summed E-state index contributed by atoms with van der Waals surface area (Å²) in [6, 6.07) is 19.2. The minimum Gasteiger partial charge on any atom is -0.473 e. The van der Waals surface area contributed by atoms with Gasteiger partial charge >= 0.3 is 5.97 Å². The maximum atomic E-state index is 15.6. The number of hydrogen-bond donors (Lipinski definition) is 0. The molecule has 0 spiro atoms. The van der Waals surface area contributed by atoms with Gasteiger partial charge in [0.25, 0.3) is 6.01 Å². The van der Waals surface area contributed by atoms with E-state index >= 15 is 4.39 Å². The van der Waals surface area contributed by atoms with Crippen LogP contribution in [0.1, 0.15) is 33.7 Å². The number of imidazole rings is 1. The third-order valence-corrected chi connectivity index (χ3v) is 8.24. The molecule has 11 heteroatoms. The van der Waals surface area contributed by atoms with Gasteiger partial charge in [-0.15, -0.1) is 0 Å². The fourth-order valence-corrected chi connectivity index (χ4v) is 5.65. The lowest BCUT2D eigenvalue weighted by Crippen LogP contribution is -2.31. The Kier molecular flexibility index (Phi) is 7.68. The van der Waals surface area contributed by atoms with E-state index in [1.165, 1.54) is 19.2 Å². The van der Waals surface area contributed by atoms with E-state index < -0.39 is 17.8 Å². The molecule has 0 amide bonds. The predicted molar refractivity (Wildman–Crippen MR) is 163 cm³/mol. The number of benzene rings is 3. The highest BCUT2D eigenvalue weighted by molar-refractivity contribution is 6.35. The molecule has 0 bridgehead atoms. The number of furan rings is 1. The average Bonchev–Trinajstić information content (AvgIpc) is 3.59. The van der Waals surface area contributed by atoms with Gasteiger partial charge in [0.1, 0.15) is 23.8 Å². The molecule has 6 aromatic rings. The normalized spacial score (nSPS) is 14.5. The van der Waals surface area contributed by atoms with Crippen molar-refractivity contribution in [3.8, 4) is 17.1 Å². The van der Waals surface area contributed by atoms with Gasteiger partial charge in [-0.2, -0.15) is 4.39 Å². The highest BCUT2D eigenvalue weighted by atomic mass is 35.5. The first-order valence-corrected chi connectivity index (χ1v) is 14.7. The second-order valence-corrected chi connectivity index (χ2v) is 11.2. The first-order valence-electron chi connectivity index (χ1n) is 14.3. The summed E-state index contributed by atoms with van der Waals surface area (Å²) in [5.74, 6) is 0.129. The van der Waals surface area contributed by atoms with E-state index in [1.54, 1.807) is 60.7 Å². The van der Waals surface area contributed by atoms with Gasteiger partial charge in [-0.3, -0.25) is 0 Å². The number of halogens is 3. The van der Waals surface area contributed by atoms with Gasteiger partial charge in [0.2, 0.25) is 5.88 Å². The van der Waals surface area contributed by atoms with Crippen molar-refractivity contribution in [2.75, 3.05) is 13.7 Å². The molecular formula is C34H26ClF2N3O5. The molecule has 1 aliphatic heterocycles. The van der Waals surface area contributed by atoms with E-state index in [1.807, 2.05) is 4.57 Å². The molecule has 1 atom stereocenters. The Morgan fingerprint density at radius 2 is 1.89 bits per heavy atom. The summed E-state index contributed by atoms with van der Waals surface area (Å²) >= 11 is 6.16. The number of fused-ring (bicyclic) bond motifs is 2. The number of carbonyl (C=O) groups is 1. The van der Waals surface area contributed by atoms with Crippen LogP contribution in [0.3, 0.4) is 0 Å². The van der Waals surface area contributed by atoms with Crippen LogP contribution in [0.4, 0.5) is 8.78 Å². The molecule has 0 radical (unpaired) electrons. The van der Waals surface area contributed by atoms with Gasteiger partial charge in [-0.1, -0.05) is 35.9 Å². The number of rotatable bonds is 9. The first-order chi connectivity index (χ1) is 21.9. The maximum absolute atomic E-state index is 15.6. The average molecular weight is 630 g/mol. The van der Waals surface area contributed by atoms with Crippen LogP contribution >= 0.6 is 11.6 Å². The van der Waals surface area contributed by atoms with Gasteiger partial charge in [-0.05, 0) is 48.4 Å². The Balaban J connectivity index is 1.12. The molecule has 7 rings (SSSR count). The maximum Gasteiger partial charge on any atom is 0.337 e. The van der Waals surface area contributed by atoms with Crippen molar-refractivity contribution in [2.24, 2.45) is 0 Å². The molecule has 0 unspecified atom stereocenters. The summed E-state index contributed by atoms with van der Waals surface area (Å²) in [6.45, 7) is 1.31. The number of hydrogen-bond acceptors (Lipinski definition) is 7. The molecule has 4 heterocycles. The molecule has 1 aliphatic rings. The van der Waals surface area contributed by atoms with Crippen molar-refractivity contribution in [2.45, 2.75) is 32.1 Å². The van der Waals surface area contributed by atoms with Crippen molar-refractivity contribution >= 4 is 39.6 Å². The molecule has 0 N–H and O–H groups in total. The molecule has 0 saturated carbocycles. The summed E-state index contributed by atoms with van der Waals surface area (Å²) in [6.07, 6.45) is 1.18. The highest BCUT2D eigenvalue weighted by Crippen LogP contribution is 2.31. The SMILES string of the molecule is COC(=O)c1ccc2nc(Cc3ccc(-c4cccc(OCc5ccc(Cl)c6cc(F)oc56)n4)cc3F)n(C[C@@H]3CCO3)c2c1. The van der Waals surface area contributed by atoms with Gasteiger partial charge in [0.05, 0.1) is 47.1 Å². The number of pyridine rings is 1. The predicted octanol–water partition coefficient (Wildman–Crippen LogP) is 7.52. The molecule has 1 saturated heterocycles. The Morgan fingerprint density at radius 1 is 1.04 bits per heavy atom. The Hall–Kier alpha value is -4.80. The summed E-state index contributed by atoms with van der Waals surface area (Å²) in [5.41, 5.74) is 4.35. The fraction of sp³-hybridized carbons (Fsp3) is 0.206. The van der Waals surface area contributed by atoms with Crippen LogP contribution in [0.5, 0.6) is 5.88 Å². The lowest BCUT2D eigenvalue weighted by Gasteiger charge is -2.27. The zero-order valence-electron chi connectivity index (χ0n) is 24.1. The molecule has 3 aromatic carbocycles. The molecule has 45 heavy (non-hydrogen) atoms. The molecule has 1 fully saturated rings. The zero-order chi connectivity index (χ0) is 31.1. The summed E-state index contributed by atoms with van der Waals surface area (Å²) < 4.78 is 52.9. The van der Waals surface area contributed by atoms with Gasteiger partial charge in [0.15, 0.2) is 0 Å². The monoisotopic (exact) mass is 629 g/mol. The summed E-state index contributed by atoms with van der Waals surface area (Å²) in [4.78, 5) is 21.5. The lowest BCUT2D eigenvalue weighted by atomic mass is 10.1. The van der Waals surface area contributed by atoms with Crippen molar-refractivity contribution < 1.29 is 32.2 Å². The quantitative estimate of drug-likeness (QED) is 0.153. The van der Waals surface area contributed by atoms with Crippen LogP contribution in [0.25, 0.3) is 33.3 Å². The molecule has 228 valence electrons.